The third-order valence-corrected chi connectivity index (χ3v) is 5.14. The van der Waals surface area contributed by atoms with E-state index >= 15 is 0 Å². The molecule has 1 aliphatic rings. The molecule has 0 radical (unpaired) electrons. The van der Waals surface area contributed by atoms with Crippen LogP contribution in [0.3, 0.4) is 0 Å². The Morgan fingerprint density at radius 1 is 1.10 bits per heavy atom. The largest absolute Gasteiger partial charge is 0.459 e. The minimum Gasteiger partial charge on any atom is -0.459 e. The summed E-state index contributed by atoms with van der Waals surface area (Å²) in [6.45, 7) is 6.74. The third-order valence-electron chi connectivity index (χ3n) is 5.14. The van der Waals surface area contributed by atoms with Gasteiger partial charge in [-0.2, -0.15) is 0 Å². The van der Waals surface area contributed by atoms with E-state index in [1.807, 2.05) is 6.07 Å². The molecular weight excluding hydrogens is 258 g/mol. The van der Waals surface area contributed by atoms with Crippen LogP contribution in [0, 0.1) is 12.8 Å². The molecule has 1 aromatic carbocycles. The molecule has 2 atom stereocenters. The number of para-hydroxylation sites is 1. The second kappa shape index (κ2) is 6.23. The van der Waals surface area contributed by atoms with Gasteiger partial charge < -0.3 is 9.73 Å². The SMILES string of the molecule is Cc1c(C(C)N[C@H](C)C2CCCCC2)oc2ccccc12. The summed E-state index contributed by atoms with van der Waals surface area (Å²) < 4.78 is 6.09. The van der Waals surface area contributed by atoms with E-state index in [0.717, 1.165) is 17.3 Å². The van der Waals surface area contributed by atoms with Crippen LogP contribution in [0.4, 0.5) is 0 Å². The minimum absolute atomic E-state index is 0.273. The summed E-state index contributed by atoms with van der Waals surface area (Å²) >= 11 is 0. The predicted molar refractivity (Wildman–Crippen MR) is 88.5 cm³/mol. The molecule has 21 heavy (non-hydrogen) atoms. The van der Waals surface area contributed by atoms with Gasteiger partial charge in [-0.1, -0.05) is 37.5 Å². The number of furan rings is 1. The summed E-state index contributed by atoms with van der Waals surface area (Å²) in [4.78, 5) is 0. The molecule has 0 bridgehead atoms. The van der Waals surface area contributed by atoms with E-state index in [1.54, 1.807) is 0 Å². The number of fused-ring (bicyclic) bond motifs is 1. The molecule has 114 valence electrons. The van der Waals surface area contributed by atoms with Crippen molar-refractivity contribution >= 4 is 11.0 Å². The summed E-state index contributed by atoms with van der Waals surface area (Å²) in [7, 11) is 0. The fraction of sp³-hybridized carbons (Fsp3) is 0.579. The first kappa shape index (κ1) is 14.6. The van der Waals surface area contributed by atoms with Gasteiger partial charge in [-0.25, -0.2) is 0 Å². The first-order valence-corrected chi connectivity index (χ1v) is 8.41. The van der Waals surface area contributed by atoms with Gasteiger partial charge in [0, 0.05) is 11.4 Å². The number of aryl methyl sites for hydroxylation is 1. The quantitative estimate of drug-likeness (QED) is 0.818. The van der Waals surface area contributed by atoms with E-state index in [2.05, 4.69) is 44.3 Å². The van der Waals surface area contributed by atoms with E-state index < -0.39 is 0 Å². The number of hydrogen-bond donors (Lipinski definition) is 1. The van der Waals surface area contributed by atoms with Crippen molar-refractivity contribution in [3.8, 4) is 0 Å². The van der Waals surface area contributed by atoms with Crippen molar-refractivity contribution in [2.75, 3.05) is 0 Å². The van der Waals surface area contributed by atoms with Crippen LogP contribution in [0.2, 0.25) is 0 Å². The molecule has 1 heterocycles. The molecule has 1 N–H and O–H groups in total. The van der Waals surface area contributed by atoms with Gasteiger partial charge in [-0.15, -0.1) is 0 Å². The van der Waals surface area contributed by atoms with Crippen molar-refractivity contribution < 1.29 is 4.42 Å². The van der Waals surface area contributed by atoms with E-state index in [9.17, 15) is 0 Å². The Hall–Kier alpha value is -1.28. The smallest absolute Gasteiger partial charge is 0.134 e. The van der Waals surface area contributed by atoms with Gasteiger partial charge in [-0.05, 0) is 51.2 Å². The predicted octanol–water partition coefficient (Wildman–Crippen LogP) is 5.36. The van der Waals surface area contributed by atoms with Gasteiger partial charge >= 0.3 is 0 Å². The van der Waals surface area contributed by atoms with E-state index in [-0.39, 0.29) is 6.04 Å². The number of rotatable bonds is 4. The summed E-state index contributed by atoms with van der Waals surface area (Å²) in [5.41, 5.74) is 2.28. The third kappa shape index (κ3) is 3.01. The molecule has 1 saturated carbocycles. The molecular formula is C19H27NO. The van der Waals surface area contributed by atoms with Crippen molar-refractivity contribution in [2.24, 2.45) is 5.92 Å². The Morgan fingerprint density at radius 3 is 2.52 bits per heavy atom. The van der Waals surface area contributed by atoms with E-state index in [0.29, 0.717) is 6.04 Å². The minimum atomic E-state index is 0.273. The fourth-order valence-corrected chi connectivity index (χ4v) is 3.85. The molecule has 1 aromatic heterocycles. The average Bonchev–Trinajstić information content (AvgIpc) is 2.86. The summed E-state index contributed by atoms with van der Waals surface area (Å²) in [5, 5.41) is 5.02. The van der Waals surface area contributed by atoms with E-state index in [4.69, 9.17) is 4.42 Å². The van der Waals surface area contributed by atoms with Gasteiger partial charge in [-0.3, -0.25) is 0 Å². The Balaban J connectivity index is 1.74. The Morgan fingerprint density at radius 2 is 1.81 bits per heavy atom. The maximum Gasteiger partial charge on any atom is 0.134 e. The highest BCUT2D eigenvalue weighted by Crippen LogP contribution is 2.31. The maximum absolute atomic E-state index is 6.09. The zero-order chi connectivity index (χ0) is 14.8. The van der Waals surface area contributed by atoms with Gasteiger partial charge in [0.25, 0.3) is 0 Å². The van der Waals surface area contributed by atoms with Gasteiger partial charge in [0.2, 0.25) is 0 Å². The van der Waals surface area contributed by atoms with Crippen LogP contribution in [-0.4, -0.2) is 6.04 Å². The standard InChI is InChI=1S/C19H27NO/c1-13-17-11-7-8-12-18(17)21-19(13)15(3)20-14(2)16-9-5-4-6-10-16/h7-8,11-12,14-16,20H,4-6,9-10H2,1-3H3/t14-,15?/m1/s1. The van der Waals surface area contributed by atoms with Crippen molar-refractivity contribution in [1.29, 1.82) is 0 Å². The van der Waals surface area contributed by atoms with Crippen molar-refractivity contribution in [3.05, 3.63) is 35.6 Å². The highest BCUT2D eigenvalue weighted by Gasteiger charge is 2.23. The molecule has 3 rings (SSSR count). The zero-order valence-electron chi connectivity index (χ0n) is 13.5. The van der Waals surface area contributed by atoms with Crippen molar-refractivity contribution in [1.82, 2.24) is 5.32 Å². The molecule has 0 spiro atoms. The van der Waals surface area contributed by atoms with Crippen LogP contribution in [0.15, 0.2) is 28.7 Å². The number of benzene rings is 1. The molecule has 2 aromatic rings. The van der Waals surface area contributed by atoms with Crippen molar-refractivity contribution in [3.63, 3.8) is 0 Å². The number of nitrogens with one attached hydrogen (secondary N) is 1. The van der Waals surface area contributed by atoms with Crippen LogP contribution in [-0.2, 0) is 0 Å². The monoisotopic (exact) mass is 285 g/mol. The highest BCUT2D eigenvalue weighted by atomic mass is 16.3. The van der Waals surface area contributed by atoms with E-state index in [1.165, 1.54) is 43.1 Å². The number of hydrogen-bond acceptors (Lipinski definition) is 2. The summed E-state index contributed by atoms with van der Waals surface area (Å²) in [5.74, 6) is 1.92. The fourth-order valence-electron chi connectivity index (χ4n) is 3.85. The second-order valence-corrected chi connectivity index (χ2v) is 6.66. The molecule has 1 fully saturated rings. The Kier molecular flexibility index (Phi) is 4.34. The highest BCUT2D eigenvalue weighted by molar-refractivity contribution is 5.82. The van der Waals surface area contributed by atoms with Crippen LogP contribution in [0.1, 0.15) is 63.3 Å². The lowest BCUT2D eigenvalue weighted by atomic mass is 9.84. The first-order valence-electron chi connectivity index (χ1n) is 8.41. The van der Waals surface area contributed by atoms with Crippen LogP contribution >= 0.6 is 0 Å². The molecule has 1 aliphatic carbocycles. The van der Waals surface area contributed by atoms with Gasteiger partial charge in [0.1, 0.15) is 11.3 Å². The van der Waals surface area contributed by atoms with Crippen molar-refractivity contribution in [2.45, 2.75) is 65.0 Å². The van der Waals surface area contributed by atoms with Crippen LogP contribution in [0.25, 0.3) is 11.0 Å². The molecule has 1 unspecified atom stereocenters. The lowest BCUT2D eigenvalue weighted by Crippen LogP contribution is -2.36. The summed E-state index contributed by atoms with van der Waals surface area (Å²) in [6, 6.07) is 9.16. The second-order valence-electron chi connectivity index (χ2n) is 6.66. The lowest BCUT2D eigenvalue weighted by molar-refractivity contribution is 0.260. The lowest BCUT2D eigenvalue weighted by Gasteiger charge is -2.30. The molecule has 2 heteroatoms. The van der Waals surface area contributed by atoms with Crippen LogP contribution < -0.4 is 5.32 Å². The van der Waals surface area contributed by atoms with Crippen LogP contribution in [0.5, 0.6) is 0 Å². The topological polar surface area (TPSA) is 25.2 Å². The molecule has 0 amide bonds. The Bertz CT molecular complexity index is 595. The average molecular weight is 285 g/mol. The first-order chi connectivity index (χ1) is 10.2. The van der Waals surface area contributed by atoms with Gasteiger partial charge in [0.05, 0.1) is 6.04 Å². The molecule has 0 aliphatic heterocycles. The normalized spacial score (nSPS) is 19.8. The van der Waals surface area contributed by atoms with Gasteiger partial charge in [0.15, 0.2) is 0 Å². The Labute approximate surface area is 127 Å². The maximum atomic E-state index is 6.09. The summed E-state index contributed by atoms with van der Waals surface area (Å²) in [6.07, 6.45) is 6.96. The molecule has 0 saturated heterocycles. The molecule has 2 nitrogen and oxygen atoms in total. The zero-order valence-corrected chi connectivity index (χ0v) is 13.5.